The van der Waals surface area contributed by atoms with E-state index in [9.17, 15) is 14.4 Å². The van der Waals surface area contributed by atoms with Gasteiger partial charge in [0, 0.05) is 0 Å². The fraction of sp³-hybridized carbons (Fsp3) is 0.526. The molecular formula is C19H28N2O5. The van der Waals surface area contributed by atoms with Crippen LogP contribution in [0.15, 0.2) is 24.3 Å². The molecule has 144 valence electrons. The summed E-state index contributed by atoms with van der Waals surface area (Å²) in [6, 6.07) is 5.34. The Hall–Kier alpha value is -2.41. The Bertz CT molecular complexity index is 671. The molecule has 1 atom stereocenters. The van der Waals surface area contributed by atoms with Crippen molar-refractivity contribution >= 4 is 23.5 Å². The number of carbonyl (C=O) groups is 3. The largest absolute Gasteiger partial charge is 0.460 e. The monoisotopic (exact) mass is 364 g/mol. The molecule has 0 bridgehead atoms. The molecule has 1 aromatic rings. The Balaban J connectivity index is 2.81. The smallest absolute Gasteiger partial charge is 0.340 e. The average Bonchev–Trinajstić information content (AvgIpc) is 2.43. The number of amides is 1. The number of ether oxygens (including phenoxy) is 2. The molecule has 3 N–H and O–H groups in total. The first-order chi connectivity index (χ1) is 11.8. The van der Waals surface area contributed by atoms with Crippen LogP contribution in [0.5, 0.6) is 0 Å². The van der Waals surface area contributed by atoms with Crippen molar-refractivity contribution in [2.45, 2.75) is 65.2 Å². The number of nitrogens with one attached hydrogen (secondary N) is 1. The summed E-state index contributed by atoms with van der Waals surface area (Å²) < 4.78 is 10.5. The van der Waals surface area contributed by atoms with E-state index in [0.717, 1.165) is 0 Å². The lowest BCUT2D eigenvalue weighted by atomic mass is 10.1. The van der Waals surface area contributed by atoms with Crippen molar-refractivity contribution in [1.82, 2.24) is 0 Å². The van der Waals surface area contributed by atoms with Crippen molar-refractivity contribution in [3.8, 4) is 0 Å². The molecule has 0 heterocycles. The Morgan fingerprint density at radius 1 is 1.00 bits per heavy atom. The van der Waals surface area contributed by atoms with Crippen molar-refractivity contribution in [2.75, 3.05) is 5.32 Å². The molecule has 0 aliphatic heterocycles. The number of nitrogens with two attached hydrogens (primary N) is 1. The minimum atomic E-state index is -1.10. The predicted molar refractivity (Wildman–Crippen MR) is 98.7 cm³/mol. The number of hydrogen-bond acceptors (Lipinski definition) is 6. The molecule has 0 fully saturated rings. The number of carbonyl (C=O) groups excluding carboxylic acids is 3. The van der Waals surface area contributed by atoms with Gasteiger partial charge in [-0.25, -0.2) is 4.79 Å². The van der Waals surface area contributed by atoms with E-state index in [1.165, 1.54) is 0 Å². The number of esters is 2. The van der Waals surface area contributed by atoms with Crippen LogP contribution in [-0.4, -0.2) is 35.1 Å². The molecule has 1 rings (SSSR count). The zero-order valence-corrected chi connectivity index (χ0v) is 16.2. The number of hydrogen-bond donors (Lipinski definition) is 2. The van der Waals surface area contributed by atoms with Gasteiger partial charge in [-0.2, -0.15) is 0 Å². The Labute approximate surface area is 154 Å². The standard InChI is InChI=1S/C19H28N2O5/c1-18(2,3)25-15(22)11-13(20)16(23)21-14-10-8-7-9-12(14)17(24)26-19(4,5)6/h7-10,13H,11,20H2,1-6H3,(H,21,23). The molecule has 0 saturated heterocycles. The van der Waals surface area contributed by atoms with Gasteiger partial charge in [0.1, 0.15) is 11.2 Å². The summed E-state index contributed by atoms with van der Waals surface area (Å²) in [5.41, 5.74) is 4.94. The van der Waals surface area contributed by atoms with Crippen LogP contribution >= 0.6 is 0 Å². The van der Waals surface area contributed by atoms with Gasteiger partial charge in [0.15, 0.2) is 0 Å². The van der Waals surface area contributed by atoms with E-state index in [0.29, 0.717) is 0 Å². The van der Waals surface area contributed by atoms with Crippen LogP contribution in [0.25, 0.3) is 0 Å². The maximum Gasteiger partial charge on any atom is 0.340 e. The van der Waals surface area contributed by atoms with Gasteiger partial charge in [-0.15, -0.1) is 0 Å². The highest BCUT2D eigenvalue weighted by Gasteiger charge is 2.25. The van der Waals surface area contributed by atoms with Crippen molar-refractivity contribution < 1.29 is 23.9 Å². The maximum atomic E-state index is 12.3. The third-order valence-electron chi connectivity index (χ3n) is 2.95. The first kappa shape index (κ1) is 21.6. The van der Waals surface area contributed by atoms with Gasteiger partial charge in [0.25, 0.3) is 0 Å². The van der Waals surface area contributed by atoms with Crippen LogP contribution < -0.4 is 11.1 Å². The van der Waals surface area contributed by atoms with E-state index >= 15 is 0 Å². The SMILES string of the molecule is CC(C)(C)OC(=O)CC(N)C(=O)Nc1ccccc1C(=O)OC(C)(C)C. The summed E-state index contributed by atoms with van der Waals surface area (Å²) in [6.45, 7) is 10.4. The quantitative estimate of drug-likeness (QED) is 0.778. The third-order valence-corrected chi connectivity index (χ3v) is 2.95. The van der Waals surface area contributed by atoms with Gasteiger partial charge in [-0.05, 0) is 53.7 Å². The molecule has 26 heavy (non-hydrogen) atoms. The maximum absolute atomic E-state index is 12.3. The predicted octanol–water partition coefficient (Wildman–Crippen LogP) is 2.64. The van der Waals surface area contributed by atoms with Gasteiger partial charge in [0.05, 0.1) is 23.7 Å². The molecule has 7 nitrogen and oxygen atoms in total. The van der Waals surface area contributed by atoms with Crippen LogP contribution in [0.4, 0.5) is 5.69 Å². The number of rotatable bonds is 5. The molecule has 7 heteroatoms. The molecule has 0 aliphatic carbocycles. The van der Waals surface area contributed by atoms with Crippen LogP contribution in [0.1, 0.15) is 58.3 Å². The van der Waals surface area contributed by atoms with Gasteiger partial charge in [-0.1, -0.05) is 12.1 Å². The van der Waals surface area contributed by atoms with Crippen LogP contribution in [0.2, 0.25) is 0 Å². The van der Waals surface area contributed by atoms with Crippen LogP contribution in [-0.2, 0) is 19.1 Å². The lowest BCUT2D eigenvalue weighted by Gasteiger charge is -2.22. The molecule has 1 amide bonds. The topological polar surface area (TPSA) is 108 Å². The minimum absolute atomic E-state index is 0.209. The summed E-state index contributed by atoms with van der Waals surface area (Å²) in [4.78, 5) is 36.4. The highest BCUT2D eigenvalue weighted by Crippen LogP contribution is 2.20. The molecular weight excluding hydrogens is 336 g/mol. The van der Waals surface area contributed by atoms with Crippen LogP contribution in [0.3, 0.4) is 0 Å². The summed E-state index contributed by atoms with van der Waals surface area (Å²) >= 11 is 0. The van der Waals surface area contributed by atoms with Gasteiger partial charge >= 0.3 is 11.9 Å². The van der Waals surface area contributed by atoms with E-state index < -0.39 is 35.1 Å². The van der Waals surface area contributed by atoms with E-state index in [2.05, 4.69) is 5.32 Å². The van der Waals surface area contributed by atoms with E-state index in [4.69, 9.17) is 15.2 Å². The molecule has 0 aromatic heterocycles. The highest BCUT2D eigenvalue weighted by atomic mass is 16.6. The van der Waals surface area contributed by atoms with Crippen molar-refractivity contribution in [3.05, 3.63) is 29.8 Å². The Morgan fingerprint density at radius 2 is 1.54 bits per heavy atom. The van der Waals surface area contributed by atoms with E-state index in [1.807, 2.05) is 0 Å². The zero-order valence-electron chi connectivity index (χ0n) is 16.2. The van der Waals surface area contributed by atoms with Crippen molar-refractivity contribution in [2.24, 2.45) is 5.73 Å². The fourth-order valence-electron chi connectivity index (χ4n) is 1.98. The summed E-state index contributed by atoms with van der Waals surface area (Å²) in [7, 11) is 0. The highest BCUT2D eigenvalue weighted by molar-refractivity contribution is 6.03. The summed E-state index contributed by atoms with van der Waals surface area (Å²) in [5, 5.41) is 2.57. The second-order valence-corrected chi connectivity index (χ2v) is 7.93. The lowest BCUT2D eigenvalue weighted by Crippen LogP contribution is -2.39. The number of anilines is 1. The van der Waals surface area contributed by atoms with Gasteiger partial charge in [0.2, 0.25) is 5.91 Å². The Kier molecular flexibility index (Phi) is 6.92. The van der Waals surface area contributed by atoms with E-state index in [1.54, 1.807) is 65.8 Å². The zero-order chi connectivity index (χ0) is 20.1. The fourth-order valence-corrected chi connectivity index (χ4v) is 1.98. The first-order valence-electron chi connectivity index (χ1n) is 8.39. The second kappa shape index (κ2) is 8.31. The van der Waals surface area contributed by atoms with E-state index in [-0.39, 0.29) is 17.7 Å². The molecule has 0 spiro atoms. The number of para-hydroxylation sites is 1. The van der Waals surface area contributed by atoms with Crippen molar-refractivity contribution in [1.29, 1.82) is 0 Å². The summed E-state index contributed by atoms with van der Waals surface area (Å²) in [5.74, 6) is -1.72. The normalized spacial score (nSPS) is 12.9. The molecule has 0 saturated carbocycles. The third kappa shape index (κ3) is 7.65. The molecule has 1 unspecified atom stereocenters. The van der Waals surface area contributed by atoms with Crippen LogP contribution in [0, 0.1) is 0 Å². The number of benzene rings is 1. The average molecular weight is 364 g/mol. The summed E-state index contributed by atoms with van der Waals surface area (Å²) in [6.07, 6.45) is -0.266. The first-order valence-corrected chi connectivity index (χ1v) is 8.39. The second-order valence-electron chi connectivity index (χ2n) is 7.93. The minimum Gasteiger partial charge on any atom is -0.460 e. The lowest BCUT2D eigenvalue weighted by molar-refractivity contribution is -0.155. The Morgan fingerprint density at radius 3 is 2.08 bits per heavy atom. The molecule has 0 aliphatic rings. The molecule has 1 aromatic carbocycles. The van der Waals surface area contributed by atoms with Gasteiger partial charge in [-0.3, -0.25) is 9.59 Å². The molecule has 0 radical (unpaired) electrons. The van der Waals surface area contributed by atoms with Gasteiger partial charge < -0.3 is 20.5 Å². The van der Waals surface area contributed by atoms with Crippen molar-refractivity contribution in [3.63, 3.8) is 0 Å².